The third-order valence-corrected chi connectivity index (χ3v) is 3.14. The fraction of sp³-hybridized carbons (Fsp3) is 0.375. The van der Waals surface area contributed by atoms with Gasteiger partial charge in [-0.2, -0.15) is 0 Å². The molecule has 23 heavy (non-hydrogen) atoms. The molecule has 0 saturated heterocycles. The second-order valence-corrected chi connectivity index (χ2v) is 5.47. The van der Waals surface area contributed by atoms with Crippen LogP contribution in [0.15, 0.2) is 34.7 Å². The lowest BCUT2D eigenvalue weighted by atomic mass is 10.2. The lowest BCUT2D eigenvalue weighted by molar-refractivity contribution is -0.120. The first-order valence-corrected chi connectivity index (χ1v) is 7.43. The highest BCUT2D eigenvalue weighted by atomic mass is 16.4. The van der Waals surface area contributed by atoms with Crippen LogP contribution in [0.4, 0.5) is 0 Å². The first-order valence-electron chi connectivity index (χ1n) is 7.43. The lowest BCUT2D eigenvalue weighted by Gasteiger charge is -2.10. The monoisotopic (exact) mass is 316 g/mol. The van der Waals surface area contributed by atoms with Gasteiger partial charge >= 0.3 is 0 Å². The van der Waals surface area contributed by atoms with E-state index < -0.39 is 6.04 Å². The molecule has 2 aromatic rings. The van der Waals surface area contributed by atoms with Gasteiger partial charge in [0, 0.05) is 11.5 Å². The summed E-state index contributed by atoms with van der Waals surface area (Å²) in [5.74, 6) is 0.374. The minimum atomic E-state index is -0.420. The summed E-state index contributed by atoms with van der Waals surface area (Å²) in [4.78, 5) is 23.7. The molecule has 1 aromatic heterocycles. The fourth-order valence-corrected chi connectivity index (χ4v) is 1.86. The summed E-state index contributed by atoms with van der Waals surface area (Å²) in [6, 6.07) is 8.29. The third-order valence-electron chi connectivity index (χ3n) is 3.14. The van der Waals surface area contributed by atoms with Crippen molar-refractivity contribution in [2.45, 2.75) is 32.7 Å². The molecule has 0 radical (unpaired) electrons. The van der Waals surface area contributed by atoms with E-state index in [0.29, 0.717) is 17.3 Å². The average Bonchev–Trinajstić information content (AvgIpc) is 3.04. The summed E-state index contributed by atoms with van der Waals surface area (Å²) in [5.41, 5.74) is 0.506. The van der Waals surface area contributed by atoms with Crippen LogP contribution >= 0.6 is 0 Å². The molecule has 0 unspecified atom stereocenters. The minimum Gasteiger partial charge on any atom is -0.423 e. The zero-order valence-electron chi connectivity index (χ0n) is 13.4. The molecule has 1 aromatic carbocycles. The molecule has 2 rings (SSSR count). The van der Waals surface area contributed by atoms with Gasteiger partial charge in [0.05, 0.1) is 6.54 Å². The van der Waals surface area contributed by atoms with E-state index in [1.807, 2.05) is 19.9 Å². The highest BCUT2D eigenvalue weighted by Gasteiger charge is 2.18. The van der Waals surface area contributed by atoms with Crippen LogP contribution in [0.2, 0.25) is 0 Å². The molecule has 0 aliphatic heterocycles. The van der Waals surface area contributed by atoms with Crippen molar-refractivity contribution in [2.75, 3.05) is 6.54 Å². The normalized spacial score (nSPS) is 12.0. The van der Waals surface area contributed by atoms with Gasteiger partial charge < -0.3 is 15.1 Å². The topological polar surface area (TPSA) is 97.1 Å². The Balaban J connectivity index is 1.83. The van der Waals surface area contributed by atoms with E-state index in [4.69, 9.17) is 4.42 Å². The molecule has 0 spiro atoms. The fourth-order valence-electron chi connectivity index (χ4n) is 1.86. The van der Waals surface area contributed by atoms with E-state index in [1.54, 1.807) is 31.2 Å². The van der Waals surface area contributed by atoms with E-state index >= 15 is 0 Å². The highest BCUT2D eigenvalue weighted by molar-refractivity contribution is 5.96. The molecule has 0 bridgehead atoms. The molecule has 0 aliphatic rings. The van der Waals surface area contributed by atoms with E-state index in [-0.39, 0.29) is 24.3 Å². The van der Waals surface area contributed by atoms with Gasteiger partial charge in [-0.15, -0.1) is 10.2 Å². The number of rotatable bonds is 6. The highest BCUT2D eigenvalue weighted by Crippen LogP contribution is 2.16. The van der Waals surface area contributed by atoms with Crippen molar-refractivity contribution in [3.63, 3.8) is 0 Å². The Bertz CT molecular complexity index is 667. The van der Waals surface area contributed by atoms with E-state index in [1.165, 1.54) is 0 Å². The van der Waals surface area contributed by atoms with E-state index in [9.17, 15) is 9.59 Å². The number of nitrogens with one attached hydrogen (secondary N) is 2. The van der Waals surface area contributed by atoms with Crippen LogP contribution < -0.4 is 10.6 Å². The van der Waals surface area contributed by atoms with Crippen molar-refractivity contribution >= 4 is 11.8 Å². The van der Waals surface area contributed by atoms with Gasteiger partial charge in [0.25, 0.3) is 5.91 Å². The Hall–Kier alpha value is -2.70. The minimum absolute atomic E-state index is 0.122. The Kier molecular flexibility index (Phi) is 5.46. The van der Waals surface area contributed by atoms with E-state index in [0.717, 1.165) is 0 Å². The summed E-state index contributed by atoms with van der Waals surface area (Å²) in [5, 5.41) is 13.1. The van der Waals surface area contributed by atoms with Crippen LogP contribution in [0, 0.1) is 0 Å². The maximum Gasteiger partial charge on any atom is 0.251 e. The van der Waals surface area contributed by atoms with Crippen molar-refractivity contribution in [3.8, 4) is 0 Å². The van der Waals surface area contributed by atoms with Crippen molar-refractivity contribution in [2.24, 2.45) is 0 Å². The molecule has 0 fully saturated rings. The van der Waals surface area contributed by atoms with Crippen LogP contribution in [0.25, 0.3) is 0 Å². The molecule has 0 aliphatic carbocycles. The Morgan fingerprint density at radius 2 is 1.74 bits per heavy atom. The molecule has 2 amide bonds. The first kappa shape index (κ1) is 16.7. The van der Waals surface area contributed by atoms with Crippen molar-refractivity contribution < 1.29 is 14.0 Å². The van der Waals surface area contributed by atoms with Gasteiger partial charge in [-0.3, -0.25) is 9.59 Å². The Morgan fingerprint density at radius 1 is 1.09 bits per heavy atom. The van der Waals surface area contributed by atoms with Gasteiger partial charge in [0.2, 0.25) is 17.7 Å². The number of carbonyl (C=O) groups excluding carboxylic acids is 2. The van der Waals surface area contributed by atoms with Crippen LogP contribution in [0.3, 0.4) is 0 Å². The summed E-state index contributed by atoms with van der Waals surface area (Å²) in [7, 11) is 0. The van der Waals surface area contributed by atoms with E-state index in [2.05, 4.69) is 20.8 Å². The van der Waals surface area contributed by atoms with Crippen molar-refractivity contribution in [3.05, 3.63) is 47.7 Å². The van der Waals surface area contributed by atoms with Gasteiger partial charge in [-0.1, -0.05) is 32.0 Å². The molecular weight excluding hydrogens is 296 g/mol. The van der Waals surface area contributed by atoms with Gasteiger partial charge in [0.1, 0.15) is 6.04 Å². The predicted molar refractivity (Wildman–Crippen MR) is 83.7 cm³/mol. The lowest BCUT2D eigenvalue weighted by Crippen LogP contribution is -2.38. The van der Waals surface area contributed by atoms with Gasteiger partial charge in [0.15, 0.2) is 0 Å². The maximum atomic E-state index is 11.9. The molecule has 0 saturated carbocycles. The second-order valence-electron chi connectivity index (χ2n) is 5.47. The molecule has 122 valence electrons. The summed E-state index contributed by atoms with van der Waals surface area (Å²) in [6.45, 7) is 5.51. The smallest absolute Gasteiger partial charge is 0.251 e. The molecule has 7 nitrogen and oxygen atoms in total. The Labute approximate surface area is 134 Å². The van der Waals surface area contributed by atoms with Crippen LogP contribution in [0.1, 0.15) is 54.9 Å². The van der Waals surface area contributed by atoms with Crippen molar-refractivity contribution in [1.29, 1.82) is 0 Å². The largest absolute Gasteiger partial charge is 0.423 e. The quantitative estimate of drug-likeness (QED) is 0.847. The maximum absolute atomic E-state index is 11.9. The number of hydrogen-bond donors (Lipinski definition) is 2. The number of amides is 2. The molecule has 7 heteroatoms. The van der Waals surface area contributed by atoms with Gasteiger partial charge in [-0.25, -0.2) is 0 Å². The summed E-state index contributed by atoms with van der Waals surface area (Å²) >= 11 is 0. The molecule has 2 N–H and O–H groups in total. The average molecular weight is 316 g/mol. The molecule has 1 atom stereocenters. The molecular formula is C16H20N4O3. The van der Waals surface area contributed by atoms with Crippen LogP contribution in [-0.2, 0) is 4.79 Å². The van der Waals surface area contributed by atoms with Gasteiger partial charge in [-0.05, 0) is 19.1 Å². The third kappa shape index (κ3) is 4.64. The molecule has 1 heterocycles. The number of hydrogen-bond acceptors (Lipinski definition) is 5. The summed E-state index contributed by atoms with van der Waals surface area (Å²) in [6.07, 6.45) is 0. The number of nitrogens with zero attached hydrogens (tertiary/aromatic N) is 2. The number of carbonyl (C=O) groups is 2. The zero-order chi connectivity index (χ0) is 16.8. The SMILES string of the molecule is CC(C)c1nnc([C@H](C)NC(=O)CNC(=O)c2ccccc2)o1. The van der Waals surface area contributed by atoms with Crippen molar-refractivity contribution in [1.82, 2.24) is 20.8 Å². The van der Waals surface area contributed by atoms with Crippen LogP contribution in [-0.4, -0.2) is 28.6 Å². The standard InChI is InChI=1S/C16H20N4O3/c1-10(2)15-19-20-16(23-15)11(3)18-13(21)9-17-14(22)12-7-5-4-6-8-12/h4-8,10-11H,9H2,1-3H3,(H,17,22)(H,18,21)/t11-/m0/s1. The Morgan fingerprint density at radius 3 is 2.35 bits per heavy atom. The predicted octanol–water partition coefficient (Wildman–Crippen LogP) is 1.80. The number of benzene rings is 1. The van der Waals surface area contributed by atoms with Crippen LogP contribution in [0.5, 0.6) is 0 Å². The second kappa shape index (κ2) is 7.53. The summed E-state index contributed by atoms with van der Waals surface area (Å²) < 4.78 is 5.48. The number of aromatic nitrogens is 2. The zero-order valence-corrected chi connectivity index (χ0v) is 13.4. The first-order chi connectivity index (χ1) is 11.0.